The highest BCUT2D eigenvalue weighted by atomic mass is 19.1. The number of nitrogens with one attached hydrogen (secondary N) is 2. The van der Waals surface area contributed by atoms with E-state index in [0.717, 1.165) is 22.2 Å². The van der Waals surface area contributed by atoms with Crippen LogP contribution in [0, 0.1) is 19.7 Å². The molecule has 0 saturated heterocycles. The van der Waals surface area contributed by atoms with Crippen molar-refractivity contribution in [2.24, 2.45) is 0 Å². The highest BCUT2D eigenvalue weighted by molar-refractivity contribution is 5.92. The van der Waals surface area contributed by atoms with Gasteiger partial charge in [-0.05, 0) is 68.3 Å². The predicted molar refractivity (Wildman–Crippen MR) is 133 cm³/mol. The minimum absolute atomic E-state index is 0.159. The molecule has 0 aliphatic rings. The molecular formula is C26H26FN5O3. The van der Waals surface area contributed by atoms with E-state index in [4.69, 9.17) is 4.74 Å². The topological polar surface area (TPSA) is 98.1 Å². The number of carbonyl (C=O) groups excluding carboxylic acids is 2. The van der Waals surface area contributed by atoms with Crippen LogP contribution in [0.1, 0.15) is 30.2 Å². The molecule has 0 bridgehead atoms. The number of carbonyl (C=O) groups is 2. The quantitative estimate of drug-likeness (QED) is 0.403. The molecule has 2 aromatic heterocycles. The van der Waals surface area contributed by atoms with Gasteiger partial charge in [-0.1, -0.05) is 6.07 Å². The van der Waals surface area contributed by atoms with Crippen LogP contribution >= 0.6 is 0 Å². The molecule has 0 radical (unpaired) electrons. The lowest BCUT2D eigenvalue weighted by Gasteiger charge is -2.13. The lowest BCUT2D eigenvalue weighted by atomic mass is 10.0. The lowest BCUT2D eigenvalue weighted by molar-refractivity contribution is -0.116. The number of hydrogen-bond donors (Lipinski definition) is 2. The summed E-state index contributed by atoms with van der Waals surface area (Å²) >= 11 is 0. The number of pyridine rings is 1. The summed E-state index contributed by atoms with van der Waals surface area (Å²) in [6.07, 6.45) is 0.632. The zero-order valence-corrected chi connectivity index (χ0v) is 20.0. The Morgan fingerprint density at radius 1 is 1.06 bits per heavy atom. The number of amides is 2. The summed E-state index contributed by atoms with van der Waals surface area (Å²) in [5.74, 6) is -0.278. The first-order valence-corrected chi connectivity index (χ1v) is 11.1. The molecule has 2 amide bonds. The highest BCUT2D eigenvalue weighted by Crippen LogP contribution is 2.32. The summed E-state index contributed by atoms with van der Waals surface area (Å²) in [7, 11) is 1.53. The van der Waals surface area contributed by atoms with Gasteiger partial charge in [0.15, 0.2) is 5.65 Å². The lowest BCUT2D eigenvalue weighted by Crippen LogP contribution is -2.13. The molecule has 0 unspecified atom stereocenters. The maximum atomic E-state index is 13.8. The first kappa shape index (κ1) is 23.9. The fourth-order valence-electron chi connectivity index (χ4n) is 4.09. The van der Waals surface area contributed by atoms with Crippen LogP contribution in [0.2, 0.25) is 0 Å². The van der Waals surface area contributed by atoms with Gasteiger partial charge in [0.25, 0.3) is 0 Å². The van der Waals surface area contributed by atoms with Crippen LogP contribution < -0.4 is 15.4 Å². The SMILES string of the molecule is COc1nc2c(c(C)nn2-c2cccc(F)c2)c(C)c1CCC(=O)Nc1ccc(NC(C)=O)cc1. The minimum atomic E-state index is -0.361. The van der Waals surface area contributed by atoms with E-state index in [2.05, 4.69) is 20.7 Å². The maximum absolute atomic E-state index is 13.8. The van der Waals surface area contributed by atoms with Crippen molar-refractivity contribution in [3.05, 3.63) is 71.2 Å². The molecule has 4 rings (SSSR count). The van der Waals surface area contributed by atoms with Crippen molar-refractivity contribution in [2.45, 2.75) is 33.6 Å². The van der Waals surface area contributed by atoms with Gasteiger partial charge in [-0.3, -0.25) is 9.59 Å². The van der Waals surface area contributed by atoms with E-state index in [1.807, 2.05) is 13.8 Å². The van der Waals surface area contributed by atoms with Gasteiger partial charge < -0.3 is 15.4 Å². The van der Waals surface area contributed by atoms with Crippen molar-refractivity contribution in [1.82, 2.24) is 14.8 Å². The summed E-state index contributed by atoms with van der Waals surface area (Å²) in [4.78, 5) is 28.4. The Morgan fingerprint density at radius 3 is 2.37 bits per heavy atom. The van der Waals surface area contributed by atoms with Crippen LogP contribution in [-0.4, -0.2) is 33.7 Å². The molecular weight excluding hydrogens is 449 g/mol. The Bertz CT molecular complexity index is 1410. The third-order valence-corrected chi connectivity index (χ3v) is 5.67. The predicted octanol–water partition coefficient (Wildman–Crippen LogP) is 4.71. The summed E-state index contributed by atoms with van der Waals surface area (Å²) in [6.45, 7) is 5.26. The number of methoxy groups -OCH3 is 1. The molecule has 0 fully saturated rings. The first-order valence-electron chi connectivity index (χ1n) is 11.1. The third kappa shape index (κ3) is 5.13. The molecule has 180 valence electrons. The van der Waals surface area contributed by atoms with E-state index in [0.29, 0.717) is 35.0 Å². The number of nitrogens with zero attached hydrogens (tertiary/aromatic N) is 3. The molecule has 2 heterocycles. The second kappa shape index (κ2) is 9.92. The maximum Gasteiger partial charge on any atom is 0.224 e. The second-order valence-corrected chi connectivity index (χ2v) is 8.21. The van der Waals surface area contributed by atoms with Gasteiger partial charge in [0, 0.05) is 35.7 Å². The molecule has 9 heteroatoms. The summed E-state index contributed by atoms with van der Waals surface area (Å²) in [6, 6.07) is 13.1. The van der Waals surface area contributed by atoms with Gasteiger partial charge in [-0.25, -0.2) is 9.07 Å². The molecule has 2 N–H and O–H groups in total. The second-order valence-electron chi connectivity index (χ2n) is 8.21. The van der Waals surface area contributed by atoms with Crippen LogP contribution in [-0.2, 0) is 16.0 Å². The van der Waals surface area contributed by atoms with Crippen molar-refractivity contribution in [1.29, 1.82) is 0 Å². The number of hydrogen-bond acceptors (Lipinski definition) is 5. The van der Waals surface area contributed by atoms with Crippen molar-refractivity contribution in [3.63, 3.8) is 0 Å². The van der Waals surface area contributed by atoms with Gasteiger partial charge in [-0.15, -0.1) is 0 Å². The molecule has 0 saturated carbocycles. The Morgan fingerprint density at radius 2 is 1.74 bits per heavy atom. The Labute approximate surface area is 202 Å². The average Bonchev–Trinajstić information content (AvgIpc) is 3.15. The van der Waals surface area contributed by atoms with Gasteiger partial charge in [0.2, 0.25) is 17.7 Å². The van der Waals surface area contributed by atoms with E-state index < -0.39 is 0 Å². The molecule has 8 nitrogen and oxygen atoms in total. The number of ether oxygens (including phenoxy) is 1. The van der Waals surface area contributed by atoms with Crippen LogP contribution in [0.15, 0.2) is 48.5 Å². The molecule has 4 aromatic rings. The number of aryl methyl sites for hydroxylation is 2. The number of rotatable bonds is 7. The van der Waals surface area contributed by atoms with E-state index in [1.165, 1.54) is 26.2 Å². The normalized spacial score (nSPS) is 10.9. The highest BCUT2D eigenvalue weighted by Gasteiger charge is 2.20. The third-order valence-electron chi connectivity index (χ3n) is 5.67. The molecule has 0 aliphatic carbocycles. The number of halogens is 1. The summed E-state index contributed by atoms with van der Waals surface area (Å²) in [5, 5.41) is 11.0. The largest absolute Gasteiger partial charge is 0.481 e. The van der Waals surface area contributed by atoms with Gasteiger partial charge in [0.05, 0.1) is 18.5 Å². The first-order chi connectivity index (χ1) is 16.8. The van der Waals surface area contributed by atoms with E-state index in [1.54, 1.807) is 41.1 Å². The molecule has 0 spiro atoms. The summed E-state index contributed by atoms with van der Waals surface area (Å²) < 4.78 is 21.0. The molecule has 2 aromatic carbocycles. The van der Waals surface area contributed by atoms with Crippen LogP contribution in [0.4, 0.5) is 15.8 Å². The molecule has 35 heavy (non-hydrogen) atoms. The van der Waals surface area contributed by atoms with Crippen LogP contribution in [0.25, 0.3) is 16.7 Å². The van der Waals surface area contributed by atoms with E-state index >= 15 is 0 Å². The van der Waals surface area contributed by atoms with Crippen molar-refractivity contribution in [2.75, 3.05) is 17.7 Å². The zero-order valence-electron chi connectivity index (χ0n) is 20.0. The van der Waals surface area contributed by atoms with Gasteiger partial charge in [-0.2, -0.15) is 10.1 Å². The van der Waals surface area contributed by atoms with Gasteiger partial charge in [0.1, 0.15) is 5.82 Å². The zero-order chi connectivity index (χ0) is 25.1. The monoisotopic (exact) mass is 475 g/mol. The average molecular weight is 476 g/mol. The number of aromatic nitrogens is 3. The molecule has 0 atom stereocenters. The molecule has 0 aliphatic heterocycles. The fourth-order valence-corrected chi connectivity index (χ4v) is 4.09. The fraction of sp³-hybridized carbons (Fsp3) is 0.231. The Kier molecular flexibility index (Phi) is 6.77. The number of anilines is 2. The minimum Gasteiger partial charge on any atom is -0.481 e. The number of benzene rings is 2. The Hall–Kier alpha value is -4.27. The van der Waals surface area contributed by atoms with E-state index in [9.17, 15) is 14.0 Å². The van der Waals surface area contributed by atoms with Crippen LogP contribution in [0.5, 0.6) is 5.88 Å². The van der Waals surface area contributed by atoms with Crippen molar-refractivity contribution >= 4 is 34.2 Å². The standard InChI is InChI=1S/C26H26FN5O3/c1-15-22(12-13-23(34)29-20-10-8-19(9-11-20)28-17(3)33)26(35-4)30-25-24(15)16(2)31-32(25)21-7-5-6-18(27)14-21/h5-11,14H,12-13H2,1-4H3,(H,28,33)(H,29,34). The summed E-state index contributed by atoms with van der Waals surface area (Å²) in [5.41, 5.74) is 4.90. The smallest absolute Gasteiger partial charge is 0.224 e. The number of fused-ring (bicyclic) bond motifs is 1. The van der Waals surface area contributed by atoms with Crippen molar-refractivity contribution < 1.29 is 18.7 Å². The van der Waals surface area contributed by atoms with E-state index in [-0.39, 0.29) is 24.1 Å². The van der Waals surface area contributed by atoms with Gasteiger partial charge >= 0.3 is 0 Å². The van der Waals surface area contributed by atoms with Crippen LogP contribution in [0.3, 0.4) is 0 Å². The Balaban J connectivity index is 1.56. The van der Waals surface area contributed by atoms with Crippen molar-refractivity contribution in [3.8, 4) is 11.6 Å².